The summed E-state index contributed by atoms with van der Waals surface area (Å²) in [6, 6.07) is 62.9. The minimum Gasteiger partial charge on any atom is -0.208 e. The fourth-order valence-corrected chi connectivity index (χ4v) is 8.81. The van der Waals surface area contributed by atoms with E-state index in [1.54, 1.807) is 0 Å². The molecule has 1 heterocycles. The van der Waals surface area contributed by atoms with Crippen LogP contribution in [0.3, 0.4) is 0 Å². The van der Waals surface area contributed by atoms with Crippen molar-refractivity contribution < 1.29 is 0 Å². The smallest absolute Gasteiger partial charge is 0.164 e. The quantitative estimate of drug-likeness (QED) is 0.174. The van der Waals surface area contributed by atoms with Crippen molar-refractivity contribution in [3.63, 3.8) is 0 Å². The van der Waals surface area contributed by atoms with Gasteiger partial charge < -0.3 is 0 Å². The lowest BCUT2D eigenvalue weighted by atomic mass is 9.67. The maximum Gasteiger partial charge on any atom is 0.164 e. The summed E-state index contributed by atoms with van der Waals surface area (Å²) < 4.78 is 0. The minimum atomic E-state index is 0.162. The van der Waals surface area contributed by atoms with Crippen molar-refractivity contribution in [1.29, 1.82) is 0 Å². The van der Waals surface area contributed by atoms with E-state index < -0.39 is 0 Å². The minimum absolute atomic E-state index is 0.162. The number of benzene rings is 7. The second kappa shape index (κ2) is 13.5. The Morgan fingerprint density at radius 3 is 1.39 bits per heavy atom. The van der Waals surface area contributed by atoms with E-state index in [0.29, 0.717) is 17.5 Å². The Morgan fingerprint density at radius 1 is 0.296 bits per heavy atom. The Balaban J connectivity index is 0.955. The number of nitrogens with zero attached hydrogens (tertiary/aromatic N) is 3. The zero-order valence-corrected chi connectivity index (χ0v) is 30.1. The summed E-state index contributed by atoms with van der Waals surface area (Å²) in [5.41, 5.74) is 16.1. The van der Waals surface area contributed by atoms with E-state index in [-0.39, 0.29) is 5.41 Å². The average Bonchev–Trinajstić information content (AvgIpc) is 3.52. The first-order valence-corrected chi connectivity index (χ1v) is 19.1. The van der Waals surface area contributed by atoms with Crippen LogP contribution in [0.15, 0.2) is 176 Å². The van der Waals surface area contributed by atoms with Crippen LogP contribution < -0.4 is 0 Å². The first kappa shape index (κ1) is 32.2. The van der Waals surface area contributed by atoms with Crippen molar-refractivity contribution >= 4 is 0 Å². The van der Waals surface area contributed by atoms with Crippen molar-refractivity contribution in [3.8, 4) is 78.7 Å². The van der Waals surface area contributed by atoms with Crippen molar-refractivity contribution in [2.45, 2.75) is 37.5 Å². The molecular formula is C51H39N3. The van der Waals surface area contributed by atoms with Crippen molar-refractivity contribution in [2.24, 2.45) is 0 Å². The summed E-state index contributed by atoms with van der Waals surface area (Å²) in [5.74, 6) is 1.96. The summed E-state index contributed by atoms with van der Waals surface area (Å²) in [7, 11) is 0. The molecule has 2 aliphatic carbocycles. The summed E-state index contributed by atoms with van der Waals surface area (Å²) in [5, 5.41) is 0. The van der Waals surface area contributed by atoms with Crippen LogP contribution in [0.2, 0.25) is 0 Å². The molecule has 3 nitrogen and oxygen atoms in total. The van der Waals surface area contributed by atoms with Gasteiger partial charge in [-0.25, -0.2) is 15.0 Å². The number of rotatable bonds is 6. The van der Waals surface area contributed by atoms with Gasteiger partial charge in [-0.2, -0.15) is 0 Å². The molecule has 7 aromatic carbocycles. The highest BCUT2D eigenvalue weighted by Gasteiger charge is 2.43. The number of aromatic nitrogens is 3. The van der Waals surface area contributed by atoms with Gasteiger partial charge in [0, 0.05) is 22.1 Å². The van der Waals surface area contributed by atoms with Crippen LogP contribution in [-0.2, 0) is 5.41 Å². The number of fused-ring (bicyclic) bond motifs is 5. The van der Waals surface area contributed by atoms with Gasteiger partial charge in [0.05, 0.1) is 0 Å². The first-order chi connectivity index (χ1) is 26.7. The molecule has 1 saturated carbocycles. The second-order valence-electron chi connectivity index (χ2n) is 14.7. The summed E-state index contributed by atoms with van der Waals surface area (Å²) in [6.45, 7) is 0. The largest absolute Gasteiger partial charge is 0.208 e. The van der Waals surface area contributed by atoms with Gasteiger partial charge >= 0.3 is 0 Å². The second-order valence-corrected chi connectivity index (χ2v) is 14.7. The van der Waals surface area contributed by atoms with Gasteiger partial charge in [0.25, 0.3) is 0 Å². The van der Waals surface area contributed by atoms with E-state index in [4.69, 9.17) is 15.0 Å². The van der Waals surface area contributed by atoms with Gasteiger partial charge in [-0.3, -0.25) is 0 Å². The van der Waals surface area contributed by atoms with Crippen LogP contribution in [0.25, 0.3) is 78.7 Å². The molecule has 54 heavy (non-hydrogen) atoms. The molecule has 0 radical (unpaired) electrons. The van der Waals surface area contributed by atoms with Gasteiger partial charge in [0.1, 0.15) is 0 Å². The van der Waals surface area contributed by atoms with Crippen LogP contribution in [0, 0.1) is 0 Å². The molecule has 1 fully saturated rings. The lowest BCUT2D eigenvalue weighted by Gasteiger charge is -2.36. The first-order valence-electron chi connectivity index (χ1n) is 19.1. The van der Waals surface area contributed by atoms with Crippen molar-refractivity contribution in [1.82, 2.24) is 15.0 Å². The molecule has 0 saturated heterocycles. The normalized spacial score (nSPS) is 14.1. The molecule has 8 aromatic rings. The fraction of sp³-hybridized carbons (Fsp3) is 0.118. The maximum absolute atomic E-state index is 5.03. The summed E-state index contributed by atoms with van der Waals surface area (Å²) >= 11 is 0. The third kappa shape index (κ3) is 5.74. The average molecular weight is 694 g/mol. The molecule has 3 heteroatoms. The van der Waals surface area contributed by atoms with Gasteiger partial charge in [0.2, 0.25) is 0 Å². The highest BCUT2D eigenvalue weighted by Crippen LogP contribution is 2.56. The SMILES string of the molecule is c1ccc(-c2cccc(-c3nc(-c4ccccc4)nc(-c4ccc(-c5ccc(-c6ccc7c(c6)C6(CCCCC6)c6ccccc6-7)cc5)cc4)n3)c2)cc1. The van der Waals surface area contributed by atoms with E-state index in [1.165, 1.54) is 71.0 Å². The maximum atomic E-state index is 5.03. The molecule has 258 valence electrons. The zero-order valence-electron chi connectivity index (χ0n) is 30.1. The van der Waals surface area contributed by atoms with Gasteiger partial charge in [-0.05, 0) is 80.6 Å². The van der Waals surface area contributed by atoms with E-state index >= 15 is 0 Å². The van der Waals surface area contributed by atoms with E-state index in [1.807, 2.05) is 36.4 Å². The third-order valence-electron chi connectivity index (χ3n) is 11.6. The van der Waals surface area contributed by atoms with Gasteiger partial charge in [-0.1, -0.05) is 183 Å². The Morgan fingerprint density at radius 2 is 0.722 bits per heavy atom. The summed E-state index contributed by atoms with van der Waals surface area (Å²) in [6.07, 6.45) is 6.44. The van der Waals surface area contributed by atoms with E-state index in [9.17, 15) is 0 Å². The molecule has 0 bridgehead atoms. The van der Waals surface area contributed by atoms with Gasteiger partial charge in [0.15, 0.2) is 17.5 Å². The Bertz CT molecular complexity index is 2600. The predicted molar refractivity (Wildman–Crippen MR) is 222 cm³/mol. The van der Waals surface area contributed by atoms with E-state index in [0.717, 1.165) is 33.4 Å². The van der Waals surface area contributed by atoms with Crippen LogP contribution in [0.4, 0.5) is 0 Å². The van der Waals surface area contributed by atoms with Crippen LogP contribution in [0.5, 0.6) is 0 Å². The molecule has 1 aromatic heterocycles. The highest BCUT2D eigenvalue weighted by molar-refractivity contribution is 5.84. The number of hydrogen-bond acceptors (Lipinski definition) is 3. The lowest BCUT2D eigenvalue weighted by Crippen LogP contribution is -2.28. The Hall–Kier alpha value is -6.45. The molecule has 0 amide bonds. The molecule has 2 aliphatic rings. The predicted octanol–water partition coefficient (Wildman–Crippen LogP) is 13.1. The lowest BCUT2D eigenvalue weighted by molar-refractivity contribution is 0.353. The Kier molecular flexibility index (Phi) is 8.06. The van der Waals surface area contributed by atoms with Crippen LogP contribution in [-0.4, -0.2) is 15.0 Å². The zero-order chi connectivity index (χ0) is 35.9. The molecular weight excluding hydrogens is 655 g/mol. The monoisotopic (exact) mass is 693 g/mol. The molecule has 1 spiro atoms. The van der Waals surface area contributed by atoms with E-state index in [2.05, 4.69) is 140 Å². The van der Waals surface area contributed by atoms with Crippen LogP contribution >= 0.6 is 0 Å². The number of hydrogen-bond donors (Lipinski definition) is 0. The topological polar surface area (TPSA) is 38.7 Å². The molecule has 0 N–H and O–H groups in total. The molecule has 0 aliphatic heterocycles. The van der Waals surface area contributed by atoms with Gasteiger partial charge in [-0.15, -0.1) is 0 Å². The molecule has 0 atom stereocenters. The van der Waals surface area contributed by atoms with Crippen LogP contribution in [0.1, 0.15) is 43.2 Å². The highest BCUT2D eigenvalue weighted by atomic mass is 15.0. The van der Waals surface area contributed by atoms with Crippen molar-refractivity contribution in [2.75, 3.05) is 0 Å². The third-order valence-corrected chi connectivity index (χ3v) is 11.6. The standard InChI is InChI=1S/C51H39N3/c1-4-13-35(14-5-1)41-17-12-18-43(33-41)50-53-48(39-15-6-2-7-16-39)52-49(54-50)40-27-25-37(26-28-40)36-21-23-38(24-22-36)42-29-30-45-44-19-8-9-20-46(44)51(47(45)34-42)31-10-3-11-32-51/h1-2,4-9,12-30,33-34H,3,10-11,31-32H2. The molecule has 0 unspecified atom stereocenters. The fourth-order valence-electron chi connectivity index (χ4n) is 8.81. The Labute approximate surface area is 317 Å². The van der Waals surface area contributed by atoms with Crippen molar-refractivity contribution in [3.05, 3.63) is 187 Å². The summed E-state index contributed by atoms with van der Waals surface area (Å²) in [4.78, 5) is 15.0. The molecule has 10 rings (SSSR count).